The fourth-order valence-corrected chi connectivity index (χ4v) is 1.96. The Morgan fingerprint density at radius 1 is 1.37 bits per heavy atom. The molecule has 0 saturated heterocycles. The fraction of sp³-hybridized carbons (Fsp3) is 0.0833. The van der Waals surface area contributed by atoms with Gasteiger partial charge in [0.2, 0.25) is 5.89 Å². The van der Waals surface area contributed by atoms with Crippen LogP contribution in [0.3, 0.4) is 0 Å². The number of nitrogens with one attached hydrogen (secondary N) is 1. The molecule has 3 aromatic rings. The first-order valence-electron chi connectivity index (χ1n) is 5.52. The van der Waals surface area contributed by atoms with E-state index in [0.717, 1.165) is 5.69 Å². The first-order chi connectivity index (χ1) is 9.16. The second-order valence-corrected chi connectivity index (χ2v) is 4.30. The van der Waals surface area contributed by atoms with Gasteiger partial charge in [0, 0.05) is 0 Å². The molecule has 0 aliphatic heterocycles. The Labute approximate surface area is 112 Å². The van der Waals surface area contributed by atoms with Crippen LogP contribution in [0.2, 0.25) is 0 Å². The van der Waals surface area contributed by atoms with E-state index in [9.17, 15) is 4.39 Å². The third kappa shape index (κ3) is 1.97. The molecule has 3 rings (SSSR count). The van der Waals surface area contributed by atoms with Crippen molar-refractivity contribution in [3.8, 4) is 17.1 Å². The zero-order valence-corrected chi connectivity index (χ0v) is 10.7. The third-order valence-electron chi connectivity index (χ3n) is 2.76. The number of aromatic amines is 1. The van der Waals surface area contributed by atoms with Crippen LogP contribution < -0.4 is 0 Å². The molecule has 0 radical (unpaired) electrons. The van der Waals surface area contributed by atoms with Crippen LogP contribution in [0.25, 0.3) is 17.1 Å². The molecule has 0 spiro atoms. The topological polar surface area (TPSA) is 59.6 Å². The van der Waals surface area contributed by atoms with Crippen molar-refractivity contribution in [2.75, 3.05) is 0 Å². The van der Waals surface area contributed by atoms with Crippen LogP contribution in [0.5, 0.6) is 0 Å². The van der Waals surface area contributed by atoms with Crippen LogP contribution >= 0.6 is 12.2 Å². The summed E-state index contributed by atoms with van der Waals surface area (Å²) in [5.41, 5.74) is 1.76. The number of halogens is 1. The van der Waals surface area contributed by atoms with Gasteiger partial charge in [-0.15, -0.1) is 5.10 Å². The number of rotatable bonds is 2. The van der Waals surface area contributed by atoms with E-state index in [1.807, 2.05) is 6.92 Å². The molecule has 0 unspecified atom stereocenters. The van der Waals surface area contributed by atoms with Crippen LogP contribution in [0.1, 0.15) is 5.69 Å². The van der Waals surface area contributed by atoms with Crippen molar-refractivity contribution in [3.05, 3.63) is 46.8 Å². The van der Waals surface area contributed by atoms with Gasteiger partial charge in [0.25, 0.3) is 4.84 Å². The molecule has 0 atom stereocenters. The molecule has 19 heavy (non-hydrogen) atoms. The van der Waals surface area contributed by atoms with Crippen molar-refractivity contribution in [2.45, 2.75) is 6.92 Å². The molecular formula is C12H9FN4OS. The zero-order valence-electron chi connectivity index (χ0n) is 9.92. The summed E-state index contributed by atoms with van der Waals surface area (Å²) in [5.74, 6) is -0.00624. The van der Waals surface area contributed by atoms with Gasteiger partial charge in [-0.1, -0.05) is 12.1 Å². The molecule has 0 aliphatic rings. The van der Waals surface area contributed by atoms with Crippen LogP contribution in [-0.4, -0.2) is 20.0 Å². The summed E-state index contributed by atoms with van der Waals surface area (Å²) in [7, 11) is 0. The van der Waals surface area contributed by atoms with Gasteiger partial charge in [-0.05, 0) is 31.3 Å². The van der Waals surface area contributed by atoms with Crippen LogP contribution in [0, 0.1) is 17.6 Å². The monoisotopic (exact) mass is 276 g/mol. The lowest BCUT2D eigenvalue weighted by Crippen LogP contribution is -2.01. The summed E-state index contributed by atoms with van der Waals surface area (Å²) in [6.07, 6.45) is 1.57. The highest BCUT2D eigenvalue weighted by Crippen LogP contribution is 2.24. The SMILES string of the molecule is Cc1c(-c2n[nH]c(=S)o2)cnn1-c1ccccc1F. The van der Waals surface area contributed by atoms with E-state index in [0.29, 0.717) is 17.1 Å². The minimum atomic E-state index is -0.344. The Bertz CT molecular complexity index is 789. The number of hydrogen-bond acceptors (Lipinski definition) is 4. The maximum atomic E-state index is 13.7. The minimum absolute atomic E-state index is 0.188. The van der Waals surface area contributed by atoms with Crippen molar-refractivity contribution >= 4 is 12.2 Å². The summed E-state index contributed by atoms with van der Waals surface area (Å²) in [6, 6.07) is 6.42. The molecule has 2 aromatic heterocycles. The maximum Gasteiger partial charge on any atom is 0.284 e. The lowest BCUT2D eigenvalue weighted by molar-refractivity contribution is 0.551. The first-order valence-corrected chi connectivity index (χ1v) is 5.93. The smallest absolute Gasteiger partial charge is 0.284 e. The van der Waals surface area contributed by atoms with E-state index in [1.54, 1.807) is 24.4 Å². The Balaban J connectivity index is 2.14. The summed E-state index contributed by atoms with van der Waals surface area (Å²) in [5, 5.41) is 10.6. The molecule has 0 saturated carbocycles. The Hall–Kier alpha value is -2.28. The van der Waals surface area contributed by atoms with Crippen molar-refractivity contribution in [3.63, 3.8) is 0 Å². The van der Waals surface area contributed by atoms with E-state index in [1.165, 1.54) is 10.7 Å². The maximum absolute atomic E-state index is 13.7. The highest BCUT2D eigenvalue weighted by molar-refractivity contribution is 7.71. The number of hydrogen-bond donors (Lipinski definition) is 1. The van der Waals surface area contributed by atoms with Crippen LogP contribution in [-0.2, 0) is 0 Å². The third-order valence-corrected chi connectivity index (χ3v) is 2.93. The van der Waals surface area contributed by atoms with E-state index < -0.39 is 0 Å². The van der Waals surface area contributed by atoms with E-state index in [-0.39, 0.29) is 10.7 Å². The number of H-pyrrole nitrogens is 1. The van der Waals surface area contributed by atoms with Crippen molar-refractivity contribution in [1.29, 1.82) is 0 Å². The summed E-state index contributed by atoms with van der Waals surface area (Å²) >= 11 is 4.83. The molecule has 0 amide bonds. The van der Waals surface area contributed by atoms with Gasteiger partial charge >= 0.3 is 0 Å². The van der Waals surface area contributed by atoms with Crippen molar-refractivity contribution in [1.82, 2.24) is 20.0 Å². The number of para-hydroxylation sites is 1. The summed E-state index contributed by atoms with van der Waals surface area (Å²) in [6.45, 7) is 1.81. The Morgan fingerprint density at radius 2 is 2.16 bits per heavy atom. The van der Waals surface area contributed by atoms with Crippen LogP contribution in [0.15, 0.2) is 34.9 Å². The standard InChI is InChI=1S/C12H9FN4OS/c1-7-8(11-15-16-12(19)18-11)6-14-17(7)10-5-3-2-4-9(10)13/h2-6H,1H3,(H,16,19). The highest BCUT2D eigenvalue weighted by atomic mass is 32.1. The number of nitrogens with zero attached hydrogens (tertiary/aromatic N) is 3. The van der Waals surface area contributed by atoms with Gasteiger partial charge in [0.05, 0.1) is 17.5 Å². The largest absolute Gasteiger partial charge is 0.409 e. The molecule has 7 heteroatoms. The first kappa shape index (κ1) is 11.8. The fourth-order valence-electron chi connectivity index (χ4n) is 1.83. The Morgan fingerprint density at radius 3 is 2.84 bits per heavy atom. The lowest BCUT2D eigenvalue weighted by Gasteiger charge is -2.05. The lowest BCUT2D eigenvalue weighted by atomic mass is 10.2. The van der Waals surface area contributed by atoms with E-state index >= 15 is 0 Å². The predicted molar refractivity (Wildman–Crippen MR) is 68.9 cm³/mol. The van der Waals surface area contributed by atoms with Gasteiger partial charge in [0.15, 0.2) is 0 Å². The van der Waals surface area contributed by atoms with E-state index in [2.05, 4.69) is 15.3 Å². The molecule has 1 N–H and O–H groups in total. The zero-order chi connectivity index (χ0) is 13.4. The average molecular weight is 276 g/mol. The average Bonchev–Trinajstić information content (AvgIpc) is 2.97. The summed E-state index contributed by atoms with van der Waals surface area (Å²) in [4.78, 5) is 0.188. The van der Waals surface area contributed by atoms with Gasteiger partial charge in [-0.2, -0.15) is 5.10 Å². The second-order valence-electron chi connectivity index (χ2n) is 3.93. The molecule has 0 fully saturated rings. The van der Waals surface area contributed by atoms with Crippen LogP contribution in [0.4, 0.5) is 4.39 Å². The van der Waals surface area contributed by atoms with Gasteiger partial charge in [-0.3, -0.25) is 0 Å². The minimum Gasteiger partial charge on any atom is -0.409 e. The molecule has 96 valence electrons. The predicted octanol–water partition coefficient (Wildman–Crippen LogP) is 3.03. The number of benzene rings is 1. The quantitative estimate of drug-likeness (QED) is 0.731. The van der Waals surface area contributed by atoms with Gasteiger partial charge < -0.3 is 4.42 Å². The molecule has 5 nitrogen and oxygen atoms in total. The summed E-state index contributed by atoms with van der Waals surface area (Å²) < 4.78 is 20.5. The van der Waals surface area contributed by atoms with Crippen molar-refractivity contribution in [2.24, 2.45) is 0 Å². The normalized spacial score (nSPS) is 10.8. The second kappa shape index (κ2) is 4.43. The van der Waals surface area contributed by atoms with Gasteiger partial charge in [0.1, 0.15) is 11.5 Å². The van der Waals surface area contributed by atoms with Gasteiger partial charge in [-0.25, -0.2) is 14.2 Å². The molecule has 2 heterocycles. The van der Waals surface area contributed by atoms with E-state index in [4.69, 9.17) is 16.6 Å². The van der Waals surface area contributed by atoms with Crippen molar-refractivity contribution < 1.29 is 8.81 Å². The number of aromatic nitrogens is 4. The Kier molecular flexibility index (Phi) is 2.75. The molecular weight excluding hydrogens is 267 g/mol. The molecule has 0 aliphatic carbocycles. The highest BCUT2D eigenvalue weighted by Gasteiger charge is 2.15. The molecule has 1 aromatic carbocycles. The molecule has 0 bridgehead atoms.